The lowest BCUT2D eigenvalue weighted by Crippen LogP contribution is -2.49. The van der Waals surface area contributed by atoms with Gasteiger partial charge in [0.05, 0.1) is 12.6 Å². The maximum Gasteiger partial charge on any atom is 0.123 e. The molecule has 0 aliphatic carbocycles. The van der Waals surface area contributed by atoms with E-state index in [4.69, 9.17) is 0 Å². The van der Waals surface area contributed by atoms with Crippen molar-refractivity contribution in [2.45, 2.75) is 37.8 Å². The van der Waals surface area contributed by atoms with Gasteiger partial charge in [0.2, 0.25) is 0 Å². The average Bonchev–Trinajstić information content (AvgIpc) is 3.54. The Morgan fingerprint density at radius 1 is 1.12 bits per heavy atom. The zero-order valence-corrected chi connectivity index (χ0v) is 18.8. The second kappa shape index (κ2) is 10.3. The van der Waals surface area contributed by atoms with E-state index in [9.17, 15) is 5.11 Å². The first-order valence-corrected chi connectivity index (χ1v) is 11.9. The summed E-state index contributed by atoms with van der Waals surface area (Å²) in [5.41, 5.74) is 4.74. The van der Waals surface area contributed by atoms with Crippen LogP contribution < -0.4 is 10.6 Å². The van der Waals surface area contributed by atoms with E-state index in [1.54, 1.807) is 12.7 Å². The van der Waals surface area contributed by atoms with Crippen LogP contribution >= 0.6 is 0 Å². The number of H-pyrrole nitrogens is 1. The van der Waals surface area contributed by atoms with Crippen LogP contribution in [0.4, 0.5) is 0 Å². The fraction of sp³-hybridized carbons (Fsp3) is 0.385. The first-order chi connectivity index (χ1) is 16.3. The third-order valence-corrected chi connectivity index (χ3v) is 6.90. The van der Waals surface area contributed by atoms with E-state index in [0.29, 0.717) is 12.0 Å². The minimum atomic E-state index is -0.0125. The van der Waals surface area contributed by atoms with Gasteiger partial charge in [0, 0.05) is 28.8 Å². The number of piperidine rings is 1. The molecule has 0 radical (unpaired) electrons. The van der Waals surface area contributed by atoms with Gasteiger partial charge in [0.15, 0.2) is 0 Å². The van der Waals surface area contributed by atoms with Crippen molar-refractivity contribution in [2.75, 3.05) is 19.7 Å². The van der Waals surface area contributed by atoms with E-state index < -0.39 is 0 Å². The Hall–Kier alpha value is -3.00. The number of hydrogen-bond acceptors (Lipinski definition) is 5. The molecular weight excluding hydrogens is 412 g/mol. The third kappa shape index (κ3) is 5.00. The van der Waals surface area contributed by atoms with E-state index in [-0.39, 0.29) is 12.6 Å². The van der Waals surface area contributed by atoms with Crippen LogP contribution in [-0.2, 0) is 6.42 Å². The molecule has 1 fully saturated rings. The highest BCUT2D eigenvalue weighted by Gasteiger charge is 2.27. The fourth-order valence-electron chi connectivity index (χ4n) is 5.07. The van der Waals surface area contributed by atoms with Crippen molar-refractivity contribution in [2.24, 2.45) is 5.92 Å². The maximum absolute atomic E-state index is 10.00. The largest absolute Gasteiger partial charge is 0.394 e. The first kappa shape index (κ1) is 21.8. The number of nitrogens with one attached hydrogen (secondary N) is 3. The van der Waals surface area contributed by atoms with Crippen LogP contribution in [0.5, 0.6) is 0 Å². The number of aryl methyl sites for hydroxylation is 1. The average molecular weight is 445 g/mol. The number of nitrogens with zero attached hydrogens (tertiary/aromatic N) is 3. The van der Waals surface area contributed by atoms with Gasteiger partial charge in [-0.15, -0.1) is 10.2 Å². The molecular formula is C26H32N6O. The van der Waals surface area contributed by atoms with E-state index in [1.165, 1.54) is 10.9 Å². The number of benzene rings is 2. The van der Waals surface area contributed by atoms with Crippen LogP contribution in [0, 0.1) is 5.92 Å². The predicted octanol–water partition coefficient (Wildman–Crippen LogP) is 3.37. The first-order valence-electron chi connectivity index (χ1n) is 11.9. The molecule has 2 aromatic carbocycles. The Labute approximate surface area is 194 Å². The Morgan fingerprint density at radius 3 is 2.79 bits per heavy atom. The SMILES string of the molecule is OCC(NC1CCNCC1CCCc1c[nH]c2ccc(-n3cnnc3)cc12)c1ccccc1. The molecule has 1 saturated heterocycles. The van der Waals surface area contributed by atoms with Gasteiger partial charge in [-0.2, -0.15) is 0 Å². The van der Waals surface area contributed by atoms with Crippen LogP contribution in [0.3, 0.4) is 0 Å². The topological polar surface area (TPSA) is 90.8 Å². The number of aromatic nitrogens is 4. The molecule has 1 aliphatic heterocycles. The summed E-state index contributed by atoms with van der Waals surface area (Å²) in [7, 11) is 0. The van der Waals surface area contributed by atoms with Crippen molar-refractivity contribution >= 4 is 10.9 Å². The molecule has 0 spiro atoms. The monoisotopic (exact) mass is 444 g/mol. The molecule has 172 valence electrons. The number of rotatable bonds is 9. The van der Waals surface area contributed by atoms with Crippen LogP contribution in [0.2, 0.25) is 0 Å². The van der Waals surface area contributed by atoms with E-state index in [1.807, 2.05) is 22.8 Å². The summed E-state index contributed by atoms with van der Waals surface area (Å²) < 4.78 is 1.94. The fourth-order valence-corrected chi connectivity index (χ4v) is 5.07. The van der Waals surface area contributed by atoms with Gasteiger partial charge in [0.25, 0.3) is 0 Å². The molecule has 33 heavy (non-hydrogen) atoms. The number of fused-ring (bicyclic) bond motifs is 1. The van der Waals surface area contributed by atoms with Gasteiger partial charge < -0.3 is 20.7 Å². The van der Waals surface area contributed by atoms with Gasteiger partial charge in [0.1, 0.15) is 12.7 Å². The number of hydrogen-bond donors (Lipinski definition) is 4. The molecule has 5 rings (SSSR count). The minimum Gasteiger partial charge on any atom is -0.394 e. The highest BCUT2D eigenvalue weighted by atomic mass is 16.3. The van der Waals surface area contributed by atoms with Crippen molar-refractivity contribution in [3.8, 4) is 5.69 Å². The molecule has 3 atom stereocenters. The van der Waals surface area contributed by atoms with Crippen LogP contribution in [0.25, 0.3) is 16.6 Å². The molecule has 0 bridgehead atoms. The molecule has 3 unspecified atom stereocenters. The molecule has 0 amide bonds. The lowest BCUT2D eigenvalue weighted by atomic mass is 9.87. The summed E-state index contributed by atoms with van der Waals surface area (Å²) in [5.74, 6) is 0.550. The van der Waals surface area contributed by atoms with E-state index in [0.717, 1.165) is 55.5 Å². The molecule has 2 aromatic heterocycles. The van der Waals surface area contributed by atoms with Gasteiger partial charge in [-0.3, -0.25) is 4.57 Å². The van der Waals surface area contributed by atoms with Crippen molar-refractivity contribution < 1.29 is 5.11 Å². The lowest BCUT2D eigenvalue weighted by Gasteiger charge is -2.35. The zero-order chi connectivity index (χ0) is 22.5. The molecule has 3 heterocycles. The molecule has 4 N–H and O–H groups in total. The van der Waals surface area contributed by atoms with Crippen molar-refractivity contribution in [3.63, 3.8) is 0 Å². The van der Waals surface area contributed by atoms with Crippen LogP contribution in [0.1, 0.15) is 36.4 Å². The van der Waals surface area contributed by atoms with Gasteiger partial charge in [-0.25, -0.2) is 0 Å². The second-order valence-corrected chi connectivity index (χ2v) is 8.98. The van der Waals surface area contributed by atoms with Crippen molar-refractivity contribution in [1.29, 1.82) is 0 Å². The summed E-state index contributed by atoms with van der Waals surface area (Å²) in [6.45, 7) is 2.16. The molecule has 7 nitrogen and oxygen atoms in total. The number of aromatic amines is 1. The Balaban J connectivity index is 1.23. The minimum absolute atomic E-state index is 0.0125. The van der Waals surface area contributed by atoms with Crippen molar-refractivity contribution in [1.82, 2.24) is 30.4 Å². The third-order valence-electron chi connectivity index (χ3n) is 6.90. The summed E-state index contributed by atoms with van der Waals surface area (Å²) in [6, 6.07) is 17.1. The molecule has 1 aliphatic rings. The Kier molecular flexibility index (Phi) is 6.81. The second-order valence-electron chi connectivity index (χ2n) is 8.98. The van der Waals surface area contributed by atoms with E-state index in [2.05, 4.69) is 62.3 Å². The highest BCUT2D eigenvalue weighted by Crippen LogP contribution is 2.26. The summed E-state index contributed by atoms with van der Waals surface area (Å²) in [6.07, 6.45) is 10.0. The molecule has 4 aromatic rings. The quantitative estimate of drug-likeness (QED) is 0.318. The predicted molar refractivity (Wildman–Crippen MR) is 130 cm³/mol. The maximum atomic E-state index is 10.00. The van der Waals surface area contributed by atoms with Gasteiger partial charge >= 0.3 is 0 Å². The van der Waals surface area contributed by atoms with Crippen LogP contribution in [0.15, 0.2) is 67.4 Å². The summed E-state index contributed by atoms with van der Waals surface area (Å²) >= 11 is 0. The van der Waals surface area contributed by atoms with Crippen LogP contribution in [-0.4, -0.2) is 50.6 Å². The van der Waals surface area contributed by atoms with Gasteiger partial charge in [-0.1, -0.05) is 30.3 Å². The smallest absolute Gasteiger partial charge is 0.123 e. The lowest BCUT2D eigenvalue weighted by molar-refractivity contribution is 0.191. The number of aliphatic hydroxyl groups is 1. The van der Waals surface area contributed by atoms with E-state index >= 15 is 0 Å². The highest BCUT2D eigenvalue weighted by molar-refractivity contribution is 5.85. The van der Waals surface area contributed by atoms with Gasteiger partial charge in [-0.05, 0) is 74.0 Å². The number of aliphatic hydroxyl groups excluding tert-OH is 1. The normalized spacial score (nSPS) is 19.7. The van der Waals surface area contributed by atoms with Crippen molar-refractivity contribution in [3.05, 3.63) is 78.5 Å². The molecule has 0 saturated carbocycles. The zero-order valence-electron chi connectivity index (χ0n) is 18.8. The Bertz CT molecular complexity index is 1140. The Morgan fingerprint density at radius 2 is 1.97 bits per heavy atom. The standard InChI is InChI=1S/C26H32N6O/c33-16-26(19-5-2-1-3-6-19)31-24-11-12-27-14-21(24)8-4-7-20-15-28-25-10-9-22(13-23(20)25)32-17-29-30-18-32/h1-3,5-6,9-10,13,15,17-18,21,24,26-28,31,33H,4,7-8,11-12,14,16H2. The summed E-state index contributed by atoms with van der Waals surface area (Å²) in [5, 5.41) is 26.4. The summed E-state index contributed by atoms with van der Waals surface area (Å²) in [4.78, 5) is 3.42. The molecule has 7 heteroatoms.